The molecule has 0 atom stereocenters. The van der Waals surface area contributed by atoms with Crippen molar-refractivity contribution < 1.29 is 14.6 Å². The van der Waals surface area contributed by atoms with Crippen LogP contribution in [-0.4, -0.2) is 23.2 Å². The minimum Gasteiger partial charge on any atom is -0.505 e. The Morgan fingerprint density at radius 1 is 1.42 bits per heavy atom. The van der Waals surface area contributed by atoms with E-state index < -0.39 is 6.09 Å². The largest absolute Gasteiger partial charge is 0.505 e. The highest BCUT2D eigenvalue weighted by atomic mass is 79.9. The number of aromatic hydroxyl groups is 1. The van der Waals surface area contributed by atoms with E-state index in [9.17, 15) is 9.90 Å². The van der Waals surface area contributed by atoms with Gasteiger partial charge in [-0.25, -0.2) is 9.78 Å². The highest BCUT2D eigenvalue weighted by Gasteiger charge is 2.11. The lowest BCUT2D eigenvalue weighted by molar-refractivity contribution is 0.140. The summed E-state index contributed by atoms with van der Waals surface area (Å²) in [4.78, 5) is 15.3. The Labute approximate surface area is 126 Å². The Balaban J connectivity index is 2.39. The number of carbonyl (C=O) groups excluding carboxylic acids is 1. The number of hydrogen-bond acceptors (Lipinski definition) is 4. The van der Waals surface area contributed by atoms with Gasteiger partial charge in [0.2, 0.25) is 0 Å². The fraction of sp³-hybridized carbons (Fsp3) is 0.167. The maximum atomic E-state index is 11.0. The van der Waals surface area contributed by atoms with E-state index in [4.69, 9.17) is 4.74 Å². The van der Waals surface area contributed by atoms with Gasteiger partial charge in [-0.15, -0.1) is 0 Å². The van der Waals surface area contributed by atoms with E-state index in [1.54, 1.807) is 18.2 Å². The topological polar surface area (TPSA) is 71.5 Å². The number of alkyl carbamates (subject to hydrolysis) is 1. The van der Waals surface area contributed by atoms with Gasteiger partial charge in [0.15, 0.2) is 5.75 Å². The number of hydrogen-bond donors (Lipinski definition) is 2. The molecule has 7 heteroatoms. The average molecular weight is 390 g/mol. The summed E-state index contributed by atoms with van der Waals surface area (Å²) in [6.07, 6.45) is -0.526. The van der Waals surface area contributed by atoms with Gasteiger partial charge in [-0.05, 0) is 34.1 Å². The maximum absolute atomic E-state index is 11.0. The molecule has 0 bridgehead atoms. The number of fused-ring (bicyclic) bond motifs is 1. The quantitative estimate of drug-likeness (QED) is 0.826. The number of benzene rings is 1. The van der Waals surface area contributed by atoms with Crippen molar-refractivity contribution >= 4 is 48.9 Å². The first kappa shape index (κ1) is 14.1. The van der Waals surface area contributed by atoms with Crippen molar-refractivity contribution in [2.24, 2.45) is 0 Å². The Morgan fingerprint density at radius 2 is 2.16 bits per heavy atom. The highest BCUT2D eigenvalue weighted by Crippen LogP contribution is 2.36. The van der Waals surface area contributed by atoms with Gasteiger partial charge in [0, 0.05) is 16.9 Å². The number of aromatic nitrogens is 1. The molecule has 0 radical (unpaired) electrons. The number of phenolic OH excluding ortho intramolecular Hbond substituents is 1. The minimum atomic E-state index is -0.526. The summed E-state index contributed by atoms with van der Waals surface area (Å²) in [7, 11) is 1.48. The molecular weight excluding hydrogens is 380 g/mol. The Bertz CT molecular complexity index is 646. The lowest BCUT2D eigenvalue weighted by Gasteiger charge is -2.08. The van der Waals surface area contributed by atoms with Crippen LogP contribution >= 0.6 is 31.9 Å². The number of halogens is 2. The van der Waals surface area contributed by atoms with E-state index in [1.165, 1.54) is 7.05 Å². The smallest absolute Gasteiger partial charge is 0.407 e. The van der Waals surface area contributed by atoms with Gasteiger partial charge >= 0.3 is 6.09 Å². The summed E-state index contributed by atoms with van der Waals surface area (Å²) in [6, 6.07) is 5.30. The number of nitrogens with one attached hydrogen (secondary N) is 1. The third kappa shape index (κ3) is 2.98. The minimum absolute atomic E-state index is 0.0409. The normalized spacial score (nSPS) is 10.5. The van der Waals surface area contributed by atoms with Crippen molar-refractivity contribution in [3.05, 3.63) is 32.8 Å². The highest BCUT2D eigenvalue weighted by molar-refractivity contribution is 9.11. The molecule has 0 spiro atoms. The lowest BCUT2D eigenvalue weighted by Crippen LogP contribution is -2.19. The van der Waals surface area contributed by atoms with E-state index in [1.807, 2.05) is 0 Å². The third-order valence-electron chi connectivity index (χ3n) is 2.47. The summed E-state index contributed by atoms with van der Waals surface area (Å²) in [5.41, 5.74) is 0.996. The molecule has 0 saturated carbocycles. The SMILES string of the molecule is CNC(=O)OCc1ccc2c(Br)cc(Br)c(O)c2n1. The zero-order chi connectivity index (χ0) is 14.0. The Hall–Kier alpha value is -1.34. The zero-order valence-electron chi connectivity index (χ0n) is 9.91. The van der Waals surface area contributed by atoms with Crippen molar-refractivity contribution in [2.75, 3.05) is 7.05 Å². The molecule has 1 aromatic carbocycles. The summed E-state index contributed by atoms with van der Waals surface area (Å²) in [5.74, 6) is 0.0555. The Morgan fingerprint density at radius 3 is 2.84 bits per heavy atom. The van der Waals surface area contributed by atoms with Crippen molar-refractivity contribution in [3.63, 3.8) is 0 Å². The van der Waals surface area contributed by atoms with Gasteiger partial charge in [-0.2, -0.15) is 0 Å². The first-order valence-electron chi connectivity index (χ1n) is 5.34. The van der Waals surface area contributed by atoms with Crippen LogP contribution in [-0.2, 0) is 11.3 Å². The number of phenols is 1. The molecule has 2 aromatic rings. The Kier molecular flexibility index (Phi) is 4.26. The number of ether oxygens (including phenoxy) is 1. The van der Waals surface area contributed by atoms with Crippen molar-refractivity contribution in [1.29, 1.82) is 0 Å². The predicted molar refractivity (Wildman–Crippen MR) is 78.1 cm³/mol. The molecule has 0 unspecified atom stereocenters. The molecule has 0 saturated heterocycles. The number of carbonyl (C=O) groups is 1. The van der Waals surface area contributed by atoms with Crippen LogP contribution in [0, 0.1) is 0 Å². The van der Waals surface area contributed by atoms with E-state index in [0.717, 1.165) is 9.86 Å². The van der Waals surface area contributed by atoms with Crippen molar-refractivity contribution in [2.45, 2.75) is 6.61 Å². The third-order valence-corrected chi connectivity index (χ3v) is 3.73. The second-order valence-corrected chi connectivity index (χ2v) is 5.42. The monoisotopic (exact) mass is 388 g/mol. The first-order valence-corrected chi connectivity index (χ1v) is 6.92. The van der Waals surface area contributed by atoms with Gasteiger partial charge < -0.3 is 15.2 Å². The molecule has 0 fully saturated rings. The van der Waals surface area contributed by atoms with Crippen LogP contribution < -0.4 is 5.32 Å². The molecule has 19 heavy (non-hydrogen) atoms. The van der Waals surface area contributed by atoms with Crippen molar-refractivity contribution in [3.8, 4) is 5.75 Å². The second-order valence-electron chi connectivity index (χ2n) is 3.71. The molecule has 5 nitrogen and oxygen atoms in total. The number of amides is 1. The van der Waals surface area contributed by atoms with Crippen LogP contribution in [0.3, 0.4) is 0 Å². The van der Waals surface area contributed by atoms with E-state index in [0.29, 0.717) is 15.7 Å². The number of rotatable bonds is 2. The maximum Gasteiger partial charge on any atom is 0.407 e. The molecular formula is C12H10Br2N2O3. The van der Waals surface area contributed by atoms with Gasteiger partial charge in [0.1, 0.15) is 12.1 Å². The van der Waals surface area contributed by atoms with E-state index >= 15 is 0 Å². The fourth-order valence-corrected chi connectivity index (χ4v) is 2.81. The molecule has 2 rings (SSSR count). The summed E-state index contributed by atoms with van der Waals surface area (Å²) in [6.45, 7) is 0.0409. The van der Waals surface area contributed by atoms with Crippen molar-refractivity contribution in [1.82, 2.24) is 10.3 Å². The van der Waals surface area contributed by atoms with Crippen LogP contribution in [0.1, 0.15) is 5.69 Å². The molecule has 1 amide bonds. The standard InChI is InChI=1S/C12H10Br2N2O3/c1-15-12(18)19-5-6-2-3-7-8(13)4-9(14)11(17)10(7)16-6/h2-4,17H,5H2,1H3,(H,15,18). The van der Waals surface area contributed by atoms with Gasteiger partial charge in [-0.1, -0.05) is 15.9 Å². The van der Waals surface area contributed by atoms with Gasteiger partial charge in [-0.3, -0.25) is 0 Å². The molecule has 1 aromatic heterocycles. The van der Waals surface area contributed by atoms with Gasteiger partial charge in [0.05, 0.1) is 10.2 Å². The molecule has 100 valence electrons. The molecule has 2 N–H and O–H groups in total. The van der Waals surface area contributed by atoms with Gasteiger partial charge in [0.25, 0.3) is 0 Å². The van der Waals surface area contributed by atoms with E-state index in [2.05, 4.69) is 42.2 Å². The summed E-state index contributed by atoms with van der Waals surface area (Å²) in [5, 5.41) is 13.1. The number of pyridine rings is 1. The second kappa shape index (κ2) is 5.75. The summed E-state index contributed by atoms with van der Waals surface area (Å²) < 4.78 is 6.27. The van der Waals surface area contributed by atoms with Crippen LogP contribution in [0.15, 0.2) is 27.1 Å². The predicted octanol–water partition coefficient (Wildman–Crippen LogP) is 3.32. The number of nitrogens with zero attached hydrogens (tertiary/aromatic N) is 1. The average Bonchev–Trinajstić information content (AvgIpc) is 2.42. The molecule has 0 aliphatic heterocycles. The molecule has 0 aliphatic rings. The van der Waals surface area contributed by atoms with Crippen LogP contribution in [0.4, 0.5) is 4.79 Å². The zero-order valence-corrected chi connectivity index (χ0v) is 13.1. The van der Waals surface area contributed by atoms with Crippen LogP contribution in [0.25, 0.3) is 10.9 Å². The van der Waals surface area contributed by atoms with Crippen LogP contribution in [0.5, 0.6) is 5.75 Å². The molecule has 0 aliphatic carbocycles. The first-order chi connectivity index (χ1) is 9.02. The van der Waals surface area contributed by atoms with E-state index in [-0.39, 0.29) is 12.4 Å². The lowest BCUT2D eigenvalue weighted by atomic mass is 10.2. The summed E-state index contributed by atoms with van der Waals surface area (Å²) >= 11 is 6.65. The van der Waals surface area contributed by atoms with Crippen LogP contribution in [0.2, 0.25) is 0 Å². The fourth-order valence-electron chi connectivity index (χ4n) is 1.54. The molecule has 1 heterocycles.